The van der Waals surface area contributed by atoms with Gasteiger partial charge >= 0.3 is 0 Å². The molecule has 47 heavy (non-hydrogen) atoms. The molecule has 0 aliphatic heterocycles. The first-order chi connectivity index (χ1) is 23.3. The summed E-state index contributed by atoms with van der Waals surface area (Å²) >= 11 is 0. The molecule has 0 saturated heterocycles. The van der Waals surface area contributed by atoms with Crippen molar-refractivity contribution in [3.63, 3.8) is 0 Å². The largest absolute Gasteiger partial charge is 0.456 e. The molecule has 0 radical (unpaired) electrons. The van der Waals surface area contributed by atoms with E-state index in [1.807, 2.05) is 72.8 Å². The Bertz CT molecular complexity index is 2610. The van der Waals surface area contributed by atoms with Crippen molar-refractivity contribution < 1.29 is 4.42 Å². The first-order valence-corrected chi connectivity index (χ1v) is 15.8. The zero-order chi connectivity index (χ0) is 30.9. The van der Waals surface area contributed by atoms with Crippen molar-refractivity contribution in [2.45, 2.75) is 0 Å². The maximum Gasteiger partial charge on any atom is 0.164 e. The fraction of sp³-hybridized carbons (Fsp3) is 0. The van der Waals surface area contributed by atoms with E-state index in [0.717, 1.165) is 44.2 Å². The summed E-state index contributed by atoms with van der Waals surface area (Å²) < 4.78 is 6.57. The number of nitrogens with zero attached hydrogens (tertiary/aromatic N) is 3. The molecule has 0 fully saturated rings. The molecule has 9 aromatic rings. The van der Waals surface area contributed by atoms with E-state index in [-0.39, 0.29) is 0 Å². The van der Waals surface area contributed by atoms with Gasteiger partial charge in [0.25, 0.3) is 0 Å². The third-order valence-electron chi connectivity index (χ3n) is 9.28. The molecule has 0 amide bonds. The molecule has 218 valence electrons. The van der Waals surface area contributed by atoms with Gasteiger partial charge < -0.3 is 4.42 Å². The molecular weight excluding hydrogens is 574 g/mol. The number of rotatable bonds is 4. The third kappa shape index (κ3) is 3.98. The van der Waals surface area contributed by atoms with E-state index in [1.165, 1.54) is 38.6 Å². The van der Waals surface area contributed by atoms with E-state index >= 15 is 0 Å². The summed E-state index contributed by atoms with van der Waals surface area (Å²) in [6.07, 6.45) is 0. The lowest BCUT2D eigenvalue weighted by atomic mass is 9.92. The monoisotopic (exact) mass is 599 g/mol. The number of hydrogen-bond acceptors (Lipinski definition) is 4. The zero-order valence-electron chi connectivity index (χ0n) is 25.2. The van der Waals surface area contributed by atoms with Crippen LogP contribution >= 0.6 is 0 Å². The highest BCUT2D eigenvalue weighted by atomic mass is 16.3. The average molecular weight is 600 g/mol. The highest BCUT2D eigenvalue weighted by Gasteiger charge is 2.25. The smallest absolute Gasteiger partial charge is 0.164 e. The van der Waals surface area contributed by atoms with Crippen LogP contribution in [0.1, 0.15) is 0 Å². The van der Waals surface area contributed by atoms with Crippen LogP contribution in [0.15, 0.2) is 156 Å². The minimum absolute atomic E-state index is 0.613. The fourth-order valence-corrected chi connectivity index (χ4v) is 7.19. The van der Waals surface area contributed by atoms with Crippen molar-refractivity contribution in [3.8, 4) is 67.5 Å². The normalized spacial score (nSPS) is 11.8. The second-order valence-electron chi connectivity index (χ2n) is 12.0. The van der Waals surface area contributed by atoms with Gasteiger partial charge in [-0.25, -0.2) is 15.0 Å². The summed E-state index contributed by atoms with van der Waals surface area (Å²) in [5.74, 6) is 1.88. The number of aromatic nitrogens is 3. The second-order valence-corrected chi connectivity index (χ2v) is 12.0. The van der Waals surface area contributed by atoms with E-state index < -0.39 is 0 Å². The Hall–Kier alpha value is -6.39. The molecule has 2 heterocycles. The molecule has 0 atom stereocenters. The molecule has 4 heteroatoms. The molecule has 10 rings (SSSR count). The van der Waals surface area contributed by atoms with Crippen LogP contribution in [0, 0.1) is 0 Å². The van der Waals surface area contributed by atoms with Crippen molar-refractivity contribution in [1.82, 2.24) is 15.0 Å². The molecule has 1 aliphatic rings. The quantitative estimate of drug-likeness (QED) is 0.202. The first kappa shape index (κ1) is 25.9. The summed E-state index contributed by atoms with van der Waals surface area (Å²) in [5.41, 5.74) is 11.9. The van der Waals surface area contributed by atoms with Crippen LogP contribution in [-0.4, -0.2) is 15.0 Å². The van der Waals surface area contributed by atoms with Gasteiger partial charge in [0.05, 0.1) is 0 Å². The highest BCUT2D eigenvalue weighted by molar-refractivity contribution is 6.18. The van der Waals surface area contributed by atoms with E-state index in [0.29, 0.717) is 17.5 Å². The summed E-state index contributed by atoms with van der Waals surface area (Å²) in [5, 5.41) is 4.62. The van der Waals surface area contributed by atoms with Gasteiger partial charge in [-0.3, -0.25) is 0 Å². The van der Waals surface area contributed by atoms with Gasteiger partial charge in [-0.2, -0.15) is 0 Å². The standard InChI is InChI=1S/C43H25N3O/c1-3-11-27(12-4-1)41-44-42(28-13-5-2-6-14-28)46-43(45-41)35-21-10-22-36-40(35)33-24-23-29(25-37(33)47-36)30-17-9-19-32-31-18-7-15-26-16-8-20-34(38(26)31)39(30)32/h1-25H. The van der Waals surface area contributed by atoms with E-state index in [2.05, 4.69) is 78.9 Å². The Morgan fingerprint density at radius 1 is 0.362 bits per heavy atom. The van der Waals surface area contributed by atoms with E-state index in [9.17, 15) is 0 Å². The zero-order valence-corrected chi connectivity index (χ0v) is 25.2. The molecule has 7 aromatic carbocycles. The Labute approximate surface area is 270 Å². The topological polar surface area (TPSA) is 51.8 Å². The SMILES string of the molecule is c1ccc(-c2nc(-c3ccccc3)nc(-c3cccc4oc5cc(-c6cccc7c6-c6cccc8cccc-7c68)ccc5c34)n2)cc1. The van der Waals surface area contributed by atoms with Crippen LogP contribution in [0.4, 0.5) is 0 Å². The maximum absolute atomic E-state index is 6.57. The first-order valence-electron chi connectivity index (χ1n) is 15.8. The van der Waals surface area contributed by atoms with Gasteiger partial charge in [0.2, 0.25) is 0 Å². The molecule has 0 saturated carbocycles. The highest BCUT2D eigenvalue weighted by Crippen LogP contribution is 2.51. The fourth-order valence-electron chi connectivity index (χ4n) is 7.19. The maximum atomic E-state index is 6.57. The van der Waals surface area contributed by atoms with Crippen LogP contribution < -0.4 is 0 Å². The van der Waals surface area contributed by atoms with Crippen molar-refractivity contribution in [3.05, 3.63) is 152 Å². The van der Waals surface area contributed by atoms with Gasteiger partial charge in [0.15, 0.2) is 17.5 Å². The Morgan fingerprint density at radius 3 is 1.70 bits per heavy atom. The summed E-state index contributed by atoms with van der Waals surface area (Å²) in [6, 6.07) is 52.6. The van der Waals surface area contributed by atoms with Gasteiger partial charge in [-0.15, -0.1) is 0 Å². The van der Waals surface area contributed by atoms with Gasteiger partial charge in [-0.1, -0.05) is 133 Å². The van der Waals surface area contributed by atoms with Crippen molar-refractivity contribution >= 4 is 32.7 Å². The van der Waals surface area contributed by atoms with Crippen LogP contribution in [0.3, 0.4) is 0 Å². The van der Waals surface area contributed by atoms with Crippen molar-refractivity contribution in [2.75, 3.05) is 0 Å². The molecule has 2 aromatic heterocycles. The lowest BCUT2D eigenvalue weighted by Crippen LogP contribution is -2.00. The lowest BCUT2D eigenvalue weighted by molar-refractivity contribution is 0.669. The Kier molecular flexibility index (Phi) is 5.54. The molecule has 0 bridgehead atoms. The van der Waals surface area contributed by atoms with Gasteiger partial charge in [-0.05, 0) is 62.4 Å². The molecule has 0 spiro atoms. The minimum Gasteiger partial charge on any atom is -0.456 e. The van der Waals surface area contributed by atoms with E-state index in [1.54, 1.807) is 0 Å². The molecular formula is C43H25N3O. The third-order valence-corrected chi connectivity index (χ3v) is 9.28. The number of benzene rings is 7. The number of fused-ring (bicyclic) bond motifs is 6. The Balaban J connectivity index is 1.16. The molecule has 1 aliphatic carbocycles. The van der Waals surface area contributed by atoms with Gasteiger partial charge in [0.1, 0.15) is 11.2 Å². The van der Waals surface area contributed by atoms with Crippen molar-refractivity contribution in [2.24, 2.45) is 0 Å². The Morgan fingerprint density at radius 2 is 0.957 bits per heavy atom. The van der Waals surface area contributed by atoms with Crippen LogP contribution in [0.5, 0.6) is 0 Å². The summed E-state index contributed by atoms with van der Waals surface area (Å²) in [6.45, 7) is 0. The van der Waals surface area contributed by atoms with Crippen LogP contribution in [-0.2, 0) is 0 Å². The molecule has 4 nitrogen and oxygen atoms in total. The second kappa shape index (κ2) is 10.1. The van der Waals surface area contributed by atoms with Gasteiger partial charge in [0, 0.05) is 27.5 Å². The summed E-state index contributed by atoms with van der Waals surface area (Å²) in [7, 11) is 0. The minimum atomic E-state index is 0.613. The summed E-state index contributed by atoms with van der Waals surface area (Å²) in [4.78, 5) is 14.9. The van der Waals surface area contributed by atoms with Crippen molar-refractivity contribution in [1.29, 1.82) is 0 Å². The lowest BCUT2D eigenvalue weighted by Gasteiger charge is -2.11. The average Bonchev–Trinajstić information content (AvgIpc) is 3.69. The number of hydrogen-bond donors (Lipinski definition) is 0. The van der Waals surface area contributed by atoms with Crippen LogP contribution in [0.2, 0.25) is 0 Å². The predicted octanol–water partition coefficient (Wildman–Crippen LogP) is 11.2. The molecule has 0 unspecified atom stereocenters. The van der Waals surface area contributed by atoms with Crippen LogP contribution in [0.25, 0.3) is 100 Å². The number of furan rings is 1. The molecule has 0 N–H and O–H groups in total. The predicted molar refractivity (Wildman–Crippen MR) is 191 cm³/mol. The van der Waals surface area contributed by atoms with E-state index in [4.69, 9.17) is 19.4 Å².